The monoisotopic (exact) mass is 937 g/mol. The molecule has 7 aromatic rings. The van der Waals surface area contributed by atoms with E-state index in [0.717, 1.165) is 117 Å². The molecular weight excluding hydrogens is 882 g/mol. The quantitative estimate of drug-likeness (QED) is 0.0529. The van der Waals surface area contributed by atoms with Gasteiger partial charge >= 0.3 is 0 Å². The first-order chi connectivity index (χ1) is 31.4. The maximum absolute atomic E-state index is 11.5. The molecular formula is C51H57Cl2N5O4S2. The number of halogens is 2. The summed E-state index contributed by atoms with van der Waals surface area (Å²) in [6.45, 7) is 9.63. The number of aromatic nitrogens is 1. The largest absolute Gasteiger partial charge is 0.494 e. The molecule has 0 bridgehead atoms. The number of nitrogen functional groups attached to an aromatic ring is 1. The minimum absolute atomic E-state index is 0.0863. The molecule has 3 N–H and O–H groups in total. The van der Waals surface area contributed by atoms with Gasteiger partial charge in [0.25, 0.3) is 0 Å². The number of pyridine rings is 1. The van der Waals surface area contributed by atoms with Crippen molar-refractivity contribution < 1.29 is 14.3 Å². The summed E-state index contributed by atoms with van der Waals surface area (Å²) in [5.41, 5.74) is 10.8. The molecule has 4 aromatic carbocycles. The van der Waals surface area contributed by atoms with Crippen LogP contribution in [0.3, 0.4) is 0 Å². The molecule has 0 amide bonds. The highest BCUT2D eigenvalue weighted by Crippen LogP contribution is 2.31. The van der Waals surface area contributed by atoms with Crippen LogP contribution in [0.2, 0.25) is 0 Å². The van der Waals surface area contributed by atoms with E-state index in [1.54, 1.807) is 23.5 Å². The fraction of sp³-hybridized carbons (Fsp3) is 0.333. The second-order valence-corrected chi connectivity index (χ2v) is 18.5. The highest BCUT2D eigenvalue weighted by molar-refractivity contribution is 7.17. The van der Waals surface area contributed by atoms with Gasteiger partial charge in [-0.15, -0.1) is 45.9 Å². The van der Waals surface area contributed by atoms with E-state index in [4.69, 9.17) is 38.4 Å². The molecule has 64 heavy (non-hydrogen) atoms. The number of thiophene rings is 2. The number of benzene rings is 4. The molecule has 4 heterocycles. The first-order valence-electron chi connectivity index (χ1n) is 22.1. The fourth-order valence-electron chi connectivity index (χ4n) is 7.95. The summed E-state index contributed by atoms with van der Waals surface area (Å²) in [6, 6.07) is 32.1. The van der Waals surface area contributed by atoms with Crippen molar-refractivity contribution in [3.8, 4) is 11.5 Å². The zero-order valence-electron chi connectivity index (χ0n) is 36.2. The van der Waals surface area contributed by atoms with Gasteiger partial charge in [0.2, 0.25) is 5.56 Å². The van der Waals surface area contributed by atoms with Crippen LogP contribution >= 0.6 is 45.9 Å². The van der Waals surface area contributed by atoms with Crippen molar-refractivity contribution in [3.63, 3.8) is 0 Å². The molecule has 1 saturated heterocycles. The summed E-state index contributed by atoms with van der Waals surface area (Å²) in [4.78, 5) is 33.2. The smallest absolute Gasteiger partial charge is 0.248 e. The molecule has 3 aromatic heterocycles. The SMILES string of the molecule is Nc1cccc2sccc12.O=C1C=Cc2ccc(OCCCCN(CCCl)CCCl)cc2C1.O=c1ccc2ccc(OCCCCN3CCN(c4cccc5sccc45)CC3)cc2[nH]1. The molecule has 1 fully saturated rings. The molecule has 1 aliphatic heterocycles. The van der Waals surface area contributed by atoms with Gasteiger partial charge in [-0.1, -0.05) is 24.3 Å². The molecule has 0 saturated carbocycles. The lowest BCUT2D eigenvalue weighted by Crippen LogP contribution is -2.46. The number of carbonyl (C=O) groups excluding carboxylic acids is 1. The molecule has 336 valence electrons. The molecule has 9 rings (SSSR count). The summed E-state index contributed by atoms with van der Waals surface area (Å²) in [7, 11) is 0. The van der Waals surface area contributed by atoms with Crippen LogP contribution in [-0.4, -0.2) is 97.9 Å². The number of carbonyl (C=O) groups is 1. The number of ether oxygens (including phenoxy) is 2. The van der Waals surface area contributed by atoms with Gasteiger partial charge in [0.15, 0.2) is 5.78 Å². The van der Waals surface area contributed by atoms with Crippen LogP contribution < -0.4 is 25.7 Å². The van der Waals surface area contributed by atoms with E-state index in [-0.39, 0.29) is 11.3 Å². The van der Waals surface area contributed by atoms with E-state index in [1.807, 2.05) is 72.0 Å². The number of nitrogens with zero attached hydrogens (tertiary/aromatic N) is 3. The lowest BCUT2D eigenvalue weighted by Gasteiger charge is -2.36. The maximum Gasteiger partial charge on any atom is 0.248 e. The average Bonchev–Trinajstić information content (AvgIpc) is 4.01. The number of fused-ring (bicyclic) bond motifs is 4. The number of piperazine rings is 1. The van der Waals surface area contributed by atoms with Crippen LogP contribution in [0.25, 0.3) is 37.2 Å². The molecule has 0 radical (unpaired) electrons. The van der Waals surface area contributed by atoms with Gasteiger partial charge < -0.3 is 30.0 Å². The van der Waals surface area contributed by atoms with Gasteiger partial charge in [-0.2, -0.15) is 0 Å². The molecule has 0 atom stereocenters. The fourth-order valence-corrected chi connectivity index (χ4v) is 10.1. The highest BCUT2D eigenvalue weighted by Gasteiger charge is 2.19. The summed E-state index contributed by atoms with van der Waals surface area (Å²) < 4.78 is 14.3. The topological polar surface area (TPSA) is 104 Å². The van der Waals surface area contributed by atoms with E-state index < -0.39 is 0 Å². The maximum atomic E-state index is 11.5. The predicted octanol–water partition coefficient (Wildman–Crippen LogP) is 11.0. The van der Waals surface area contributed by atoms with Crippen LogP contribution in [0.4, 0.5) is 11.4 Å². The number of rotatable bonds is 17. The predicted molar refractivity (Wildman–Crippen MR) is 273 cm³/mol. The van der Waals surface area contributed by atoms with Gasteiger partial charge in [-0.05, 0) is 139 Å². The molecule has 0 spiro atoms. The number of aromatic amines is 1. The third kappa shape index (κ3) is 13.6. The van der Waals surface area contributed by atoms with Gasteiger partial charge in [-0.3, -0.25) is 14.5 Å². The number of nitrogens with one attached hydrogen (secondary N) is 1. The van der Waals surface area contributed by atoms with Gasteiger partial charge in [-0.25, -0.2) is 0 Å². The third-order valence-electron chi connectivity index (χ3n) is 11.4. The average molecular weight is 939 g/mol. The Bertz CT molecular complexity index is 2650. The molecule has 13 heteroatoms. The van der Waals surface area contributed by atoms with Crippen molar-refractivity contribution in [3.05, 3.63) is 135 Å². The zero-order chi connectivity index (χ0) is 44.5. The van der Waals surface area contributed by atoms with Gasteiger partial charge in [0, 0.05) is 101 Å². The Morgan fingerprint density at radius 3 is 2.11 bits per heavy atom. The number of unbranched alkanes of at least 4 members (excludes halogenated alkanes) is 2. The minimum Gasteiger partial charge on any atom is -0.494 e. The molecule has 0 unspecified atom stereocenters. The van der Waals surface area contributed by atoms with E-state index >= 15 is 0 Å². The van der Waals surface area contributed by atoms with Crippen LogP contribution in [0.1, 0.15) is 36.8 Å². The summed E-state index contributed by atoms with van der Waals surface area (Å²) in [5.74, 6) is 3.06. The van der Waals surface area contributed by atoms with E-state index in [9.17, 15) is 9.59 Å². The summed E-state index contributed by atoms with van der Waals surface area (Å²) in [6.07, 6.45) is 8.16. The number of hydrogen-bond acceptors (Lipinski definition) is 10. The number of anilines is 2. The minimum atomic E-state index is -0.0863. The Morgan fingerprint density at radius 2 is 1.36 bits per heavy atom. The standard InChI is InChI=1S/C25H27N3O2S.C18H23Cl2NO2.C8H7NS/c29-25-9-7-19-6-8-20(18-22(19)26-25)30-16-2-1-11-27-12-14-28(15-13-27)23-4-3-5-24-21(23)10-17-31-24;19-7-10-21(11-8-20)9-1-2-12-23-18-6-4-15-3-5-17(22)13-16(15)14-18;9-7-2-1-3-8-6(7)4-5-10-8/h3-10,17-18H,1-2,11-16H2,(H,26,29);3-6,14H,1-2,7-13H2;1-5H,9H2. The Hall–Kier alpha value is -4.88. The Balaban J connectivity index is 0.000000162. The number of hydrogen-bond donors (Lipinski definition) is 2. The zero-order valence-corrected chi connectivity index (χ0v) is 39.3. The van der Waals surface area contributed by atoms with Crippen LogP contribution in [0.15, 0.2) is 119 Å². The van der Waals surface area contributed by atoms with E-state index in [1.165, 1.54) is 25.9 Å². The van der Waals surface area contributed by atoms with Crippen molar-refractivity contribution in [1.29, 1.82) is 0 Å². The second-order valence-electron chi connectivity index (χ2n) is 15.9. The number of alkyl halides is 2. The van der Waals surface area contributed by atoms with Crippen molar-refractivity contribution in [1.82, 2.24) is 14.8 Å². The molecule has 9 nitrogen and oxygen atoms in total. The summed E-state index contributed by atoms with van der Waals surface area (Å²) >= 11 is 15.1. The first kappa shape index (κ1) is 47.1. The summed E-state index contributed by atoms with van der Waals surface area (Å²) in [5, 5.41) is 7.81. The van der Waals surface area contributed by atoms with Crippen molar-refractivity contribution in [2.45, 2.75) is 32.1 Å². The van der Waals surface area contributed by atoms with Gasteiger partial charge in [0.1, 0.15) is 11.5 Å². The number of allylic oxidation sites excluding steroid dienone is 1. The Labute approximate surface area is 394 Å². The lowest BCUT2D eigenvalue weighted by molar-refractivity contribution is -0.114. The highest BCUT2D eigenvalue weighted by atomic mass is 35.5. The molecule has 2 aliphatic rings. The van der Waals surface area contributed by atoms with Crippen LogP contribution in [0.5, 0.6) is 11.5 Å². The van der Waals surface area contributed by atoms with Crippen molar-refractivity contribution in [2.24, 2.45) is 0 Å². The first-order valence-corrected chi connectivity index (χ1v) is 24.9. The van der Waals surface area contributed by atoms with E-state index in [2.05, 4.69) is 66.8 Å². The van der Waals surface area contributed by atoms with Crippen LogP contribution in [-0.2, 0) is 11.2 Å². The Kier molecular flexibility index (Phi) is 18.0. The number of ketones is 1. The number of nitrogens with two attached hydrogens (primary N) is 1. The lowest BCUT2D eigenvalue weighted by atomic mass is 9.96. The number of H-pyrrole nitrogens is 1. The van der Waals surface area contributed by atoms with E-state index in [0.29, 0.717) is 31.4 Å². The normalized spacial score (nSPS) is 13.7. The van der Waals surface area contributed by atoms with Crippen molar-refractivity contribution >= 4 is 100 Å². The van der Waals surface area contributed by atoms with Gasteiger partial charge in [0.05, 0.1) is 18.7 Å². The Morgan fingerprint density at radius 1 is 0.688 bits per heavy atom. The second kappa shape index (κ2) is 24.4. The van der Waals surface area contributed by atoms with Crippen LogP contribution in [0, 0.1) is 0 Å². The third-order valence-corrected chi connectivity index (χ3v) is 13.5. The van der Waals surface area contributed by atoms with Crippen molar-refractivity contribution in [2.75, 3.05) is 88.0 Å². The molecule has 1 aliphatic carbocycles.